The molecule has 0 spiro atoms. The van der Waals surface area contributed by atoms with Gasteiger partial charge in [-0.15, -0.1) is 0 Å². The first-order valence-electron chi connectivity index (χ1n) is 5.66. The largest absolute Gasteiger partial charge is 0.417 e. The second-order valence-corrected chi connectivity index (χ2v) is 4.18. The summed E-state index contributed by atoms with van der Waals surface area (Å²) in [7, 11) is 0. The Hall–Kier alpha value is -2.82. The van der Waals surface area contributed by atoms with Crippen LogP contribution >= 0.6 is 0 Å². The van der Waals surface area contributed by atoms with E-state index in [0.29, 0.717) is 27.9 Å². The number of nitrogens with one attached hydrogen (secondary N) is 1. The van der Waals surface area contributed by atoms with Gasteiger partial charge in [0.2, 0.25) is 0 Å². The average Bonchev–Trinajstić information content (AvgIpc) is 2.76. The Morgan fingerprint density at radius 3 is 2.68 bits per heavy atom. The van der Waals surface area contributed by atoms with Crippen molar-refractivity contribution in [2.45, 2.75) is 0 Å². The molecule has 0 unspecified atom stereocenters. The number of ketones is 1. The van der Waals surface area contributed by atoms with Gasteiger partial charge in [0.1, 0.15) is 0 Å². The lowest BCUT2D eigenvalue weighted by Crippen LogP contribution is -2.01. The Balaban J connectivity index is 2.08. The number of nitrogens with two attached hydrogens (primary N) is 1. The van der Waals surface area contributed by atoms with Gasteiger partial charge in [-0.2, -0.15) is 0 Å². The fraction of sp³-hybridized carbons (Fsp3) is 0. The van der Waals surface area contributed by atoms with Crippen molar-refractivity contribution in [3.8, 4) is 0 Å². The molecule has 1 heterocycles. The van der Waals surface area contributed by atoms with Gasteiger partial charge in [-0.1, -0.05) is 12.1 Å². The van der Waals surface area contributed by atoms with Crippen LogP contribution < -0.4 is 11.5 Å². The highest BCUT2D eigenvalue weighted by atomic mass is 16.4. The molecule has 0 amide bonds. The molecule has 0 aliphatic rings. The molecule has 5 heteroatoms. The zero-order valence-corrected chi connectivity index (χ0v) is 9.84. The zero-order chi connectivity index (χ0) is 13.4. The summed E-state index contributed by atoms with van der Waals surface area (Å²) in [6, 6.07) is 11.6. The highest BCUT2D eigenvalue weighted by molar-refractivity contribution is 6.10. The van der Waals surface area contributed by atoms with Crippen LogP contribution in [0.4, 0.5) is 5.69 Å². The second-order valence-electron chi connectivity index (χ2n) is 4.18. The number of hydrogen-bond acceptors (Lipinski definition) is 4. The van der Waals surface area contributed by atoms with E-state index in [1.807, 2.05) is 0 Å². The molecule has 0 saturated heterocycles. The first-order valence-corrected chi connectivity index (χ1v) is 5.66. The van der Waals surface area contributed by atoms with E-state index in [9.17, 15) is 9.59 Å². The molecule has 3 aromatic rings. The summed E-state index contributed by atoms with van der Waals surface area (Å²) in [6.45, 7) is 0. The van der Waals surface area contributed by atoms with E-state index in [1.54, 1.807) is 42.5 Å². The number of rotatable bonds is 2. The lowest BCUT2D eigenvalue weighted by Gasteiger charge is -2.02. The SMILES string of the molecule is Nc1cccc(C(=O)c2ccc3[nH]c(=O)oc3c2)c1. The molecule has 0 bridgehead atoms. The van der Waals surface area contributed by atoms with E-state index < -0.39 is 5.76 Å². The van der Waals surface area contributed by atoms with Crippen molar-refractivity contribution in [3.63, 3.8) is 0 Å². The molecular formula is C14H10N2O3. The van der Waals surface area contributed by atoms with Crippen LogP contribution in [0.1, 0.15) is 15.9 Å². The highest BCUT2D eigenvalue weighted by Gasteiger charge is 2.11. The number of carbonyl (C=O) groups excluding carboxylic acids is 1. The van der Waals surface area contributed by atoms with Crippen LogP contribution in [-0.4, -0.2) is 10.8 Å². The number of aromatic nitrogens is 1. The van der Waals surface area contributed by atoms with Gasteiger partial charge in [-0.05, 0) is 30.3 Å². The van der Waals surface area contributed by atoms with Crippen LogP contribution in [0.25, 0.3) is 11.1 Å². The van der Waals surface area contributed by atoms with Crippen LogP contribution in [0.2, 0.25) is 0 Å². The number of aromatic amines is 1. The highest BCUT2D eigenvalue weighted by Crippen LogP contribution is 2.17. The molecule has 0 aliphatic heterocycles. The maximum Gasteiger partial charge on any atom is 0.417 e. The number of H-pyrrole nitrogens is 1. The smallest absolute Gasteiger partial charge is 0.408 e. The molecule has 5 nitrogen and oxygen atoms in total. The van der Waals surface area contributed by atoms with Crippen LogP contribution in [-0.2, 0) is 0 Å². The molecular weight excluding hydrogens is 244 g/mol. The van der Waals surface area contributed by atoms with Gasteiger partial charge in [-0.25, -0.2) is 4.79 Å². The van der Waals surface area contributed by atoms with Crippen molar-refractivity contribution < 1.29 is 9.21 Å². The maximum atomic E-state index is 12.3. The normalized spacial score (nSPS) is 10.7. The number of hydrogen-bond donors (Lipinski definition) is 2. The molecule has 1 aromatic heterocycles. The lowest BCUT2D eigenvalue weighted by atomic mass is 10.0. The molecule has 19 heavy (non-hydrogen) atoms. The van der Waals surface area contributed by atoms with Gasteiger partial charge in [-0.3, -0.25) is 9.78 Å². The monoisotopic (exact) mass is 254 g/mol. The molecule has 0 atom stereocenters. The number of nitrogen functional groups attached to an aromatic ring is 1. The first kappa shape index (κ1) is 11.3. The predicted molar refractivity (Wildman–Crippen MR) is 71.1 cm³/mol. The van der Waals surface area contributed by atoms with Gasteiger partial charge in [0.25, 0.3) is 0 Å². The summed E-state index contributed by atoms with van der Waals surface area (Å²) >= 11 is 0. The van der Waals surface area contributed by atoms with Crippen LogP contribution in [0, 0.1) is 0 Å². The summed E-state index contributed by atoms with van der Waals surface area (Å²) in [5, 5.41) is 0. The fourth-order valence-electron chi connectivity index (χ4n) is 1.93. The van der Waals surface area contributed by atoms with Gasteiger partial charge >= 0.3 is 5.76 Å². The van der Waals surface area contributed by atoms with E-state index in [-0.39, 0.29) is 5.78 Å². The number of benzene rings is 2. The Kier molecular flexibility index (Phi) is 2.45. The van der Waals surface area contributed by atoms with Crippen LogP contribution in [0.5, 0.6) is 0 Å². The van der Waals surface area contributed by atoms with Crippen molar-refractivity contribution in [2.75, 3.05) is 5.73 Å². The molecule has 2 aromatic carbocycles. The van der Waals surface area contributed by atoms with E-state index in [1.165, 1.54) is 0 Å². The molecule has 3 N–H and O–H groups in total. The van der Waals surface area contributed by atoms with E-state index in [2.05, 4.69) is 4.98 Å². The Morgan fingerprint density at radius 2 is 1.89 bits per heavy atom. The average molecular weight is 254 g/mol. The minimum atomic E-state index is -0.538. The Bertz CT molecular complexity index is 830. The molecule has 0 radical (unpaired) electrons. The third kappa shape index (κ3) is 2.01. The van der Waals surface area contributed by atoms with Gasteiger partial charge < -0.3 is 10.2 Å². The van der Waals surface area contributed by atoms with Crippen LogP contribution in [0.15, 0.2) is 51.7 Å². The third-order valence-corrected chi connectivity index (χ3v) is 2.83. The third-order valence-electron chi connectivity index (χ3n) is 2.83. The molecule has 0 fully saturated rings. The van der Waals surface area contributed by atoms with Crippen molar-refractivity contribution in [1.29, 1.82) is 0 Å². The minimum absolute atomic E-state index is 0.168. The van der Waals surface area contributed by atoms with E-state index in [0.717, 1.165) is 0 Å². The van der Waals surface area contributed by atoms with Gasteiger partial charge in [0.05, 0.1) is 5.52 Å². The second kappa shape index (κ2) is 4.13. The number of carbonyl (C=O) groups is 1. The summed E-state index contributed by atoms with van der Waals surface area (Å²) in [5.74, 6) is -0.707. The lowest BCUT2D eigenvalue weighted by molar-refractivity contribution is 0.103. The first-order chi connectivity index (χ1) is 9.13. The minimum Gasteiger partial charge on any atom is -0.408 e. The van der Waals surface area contributed by atoms with Gasteiger partial charge in [0, 0.05) is 16.8 Å². The summed E-state index contributed by atoms with van der Waals surface area (Å²) in [5.41, 5.74) is 8.05. The topological polar surface area (TPSA) is 89.1 Å². The maximum absolute atomic E-state index is 12.3. The van der Waals surface area contributed by atoms with Crippen molar-refractivity contribution in [2.24, 2.45) is 0 Å². The fourth-order valence-corrected chi connectivity index (χ4v) is 1.93. The standard InChI is InChI=1S/C14H10N2O3/c15-10-3-1-2-8(6-10)13(17)9-4-5-11-12(7-9)19-14(18)16-11/h1-7H,15H2,(H,16,18). The quantitative estimate of drug-likeness (QED) is 0.540. The Morgan fingerprint density at radius 1 is 1.11 bits per heavy atom. The summed E-state index contributed by atoms with van der Waals surface area (Å²) in [6.07, 6.45) is 0. The number of anilines is 1. The number of fused-ring (bicyclic) bond motifs is 1. The van der Waals surface area contributed by atoms with Gasteiger partial charge in [0.15, 0.2) is 11.4 Å². The van der Waals surface area contributed by atoms with Crippen molar-refractivity contribution >= 4 is 22.6 Å². The van der Waals surface area contributed by atoms with E-state index >= 15 is 0 Å². The van der Waals surface area contributed by atoms with Crippen molar-refractivity contribution in [1.82, 2.24) is 4.98 Å². The Labute approximate surface area is 107 Å². The molecule has 0 saturated carbocycles. The number of oxazole rings is 1. The predicted octanol–water partition coefficient (Wildman–Crippen LogP) is 1.93. The van der Waals surface area contributed by atoms with E-state index in [4.69, 9.17) is 10.2 Å². The molecule has 3 rings (SSSR count). The summed E-state index contributed by atoms with van der Waals surface area (Å²) < 4.78 is 4.93. The van der Waals surface area contributed by atoms with Crippen molar-refractivity contribution in [3.05, 3.63) is 64.1 Å². The summed E-state index contributed by atoms with van der Waals surface area (Å²) in [4.78, 5) is 25.8. The van der Waals surface area contributed by atoms with Crippen LogP contribution in [0.3, 0.4) is 0 Å². The molecule has 0 aliphatic carbocycles. The molecule has 94 valence electrons. The zero-order valence-electron chi connectivity index (χ0n) is 9.84.